The molecule has 1 N–H and O–H groups in total. The topological polar surface area (TPSA) is 75.9 Å². The minimum absolute atomic E-state index is 0.126. The molecule has 1 aliphatic heterocycles. The number of nitrogens with zero attached hydrogens (tertiary/aromatic N) is 3. The van der Waals surface area contributed by atoms with Crippen molar-refractivity contribution >= 4 is 44.2 Å². The van der Waals surface area contributed by atoms with Crippen LogP contribution in [0, 0.1) is 5.82 Å². The summed E-state index contributed by atoms with van der Waals surface area (Å²) in [6, 6.07) is 10.6. The molecule has 3 heterocycles. The Hall–Kier alpha value is -3.46. The fourth-order valence-electron chi connectivity index (χ4n) is 4.51. The van der Waals surface area contributed by atoms with Crippen molar-refractivity contribution < 1.29 is 18.7 Å². The van der Waals surface area contributed by atoms with Crippen LogP contribution in [0.4, 0.5) is 14.9 Å². The van der Waals surface area contributed by atoms with E-state index in [1.165, 1.54) is 24.3 Å². The first kappa shape index (κ1) is 23.3. The molecule has 2 amide bonds. The van der Waals surface area contributed by atoms with Crippen molar-refractivity contribution in [2.75, 3.05) is 11.9 Å². The Labute approximate surface area is 206 Å². The Bertz CT molecular complexity index is 1450. The number of hydrogen-bond donors (Lipinski definition) is 1. The number of hydrogen-bond acceptors (Lipinski definition) is 5. The van der Waals surface area contributed by atoms with Gasteiger partial charge in [0.15, 0.2) is 4.96 Å². The molecule has 182 valence electrons. The van der Waals surface area contributed by atoms with Gasteiger partial charge in [0.05, 0.1) is 22.0 Å². The summed E-state index contributed by atoms with van der Waals surface area (Å²) in [6.07, 6.45) is 3.08. The van der Waals surface area contributed by atoms with Crippen LogP contribution in [0.3, 0.4) is 0 Å². The predicted octanol–water partition coefficient (Wildman–Crippen LogP) is 6.39. The Morgan fingerprint density at radius 2 is 2.00 bits per heavy atom. The SMILES string of the molecule is CC(=O)Nc1ccc2c(c1)sc1nc(-c3ccc(C4CCCN4C(=O)OC(C)(C)C)cc3F)cn12. The summed E-state index contributed by atoms with van der Waals surface area (Å²) in [5.74, 6) is -0.500. The van der Waals surface area contributed by atoms with Gasteiger partial charge >= 0.3 is 6.09 Å². The molecule has 0 bridgehead atoms. The molecular formula is C26H27FN4O3S. The Kier molecular flexibility index (Phi) is 5.75. The summed E-state index contributed by atoms with van der Waals surface area (Å²) in [6.45, 7) is 7.58. The number of halogens is 1. The second-order valence-electron chi connectivity index (χ2n) is 9.82. The Morgan fingerprint density at radius 3 is 2.71 bits per heavy atom. The van der Waals surface area contributed by atoms with Crippen molar-refractivity contribution in [3.63, 3.8) is 0 Å². The number of nitrogens with one attached hydrogen (secondary N) is 1. The van der Waals surface area contributed by atoms with Crippen molar-refractivity contribution in [1.29, 1.82) is 0 Å². The lowest BCUT2D eigenvalue weighted by atomic mass is 10.0. The van der Waals surface area contributed by atoms with Gasteiger partial charge in [-0.3, -0.25) is 9.20 Å². The fraction of sp³-hybridized carbons (Fsp3) is 0.346. The quantitative estimate of drug-likeness (QED) is 0.358. The van der Waals surface area contributed by atoms with E-state index in [9.17, 15) is 9.59 Å². The zero-order chi connectivity index (χ0) is 24.9. The molecule has 1 aliphatic rings. The molecule has 0 aliphatic carbocycles. The third-order valence-electron chi connectivity index (χ3n) is 5.95. The van der Waals surface area contributed by atoms with Gasteiger partial charge in [0, 0.05) is 30.9 Å². The largest absolute Gasteiger partial charge is 0.444 e. The van der Waals surface area contributed by atoms with E-state index < -0.39 is 5.60 Å². The van der Waals surface area contributed by atoms with Crippen LogP contribution in [0.15, 0.2) is 42.6 Å². The lowest BCUT2D eigenvalue weighted by Crippen LogP contribution is -2.36. The second-order valence-corrected chi connectivity index (χ2v) is 10.8. The van der Waals surface area contributed by atoms with Gasteiger partial charge in [-0.25, -0.2) is 14.2 Å². The van der Waals surface area contributed by atoms with Crippen LogP contribution in [0.25, 0.3) is 26.4 Å². The highest BCUT2D eigenvalue weighted by molar-refractivity contribution is 7.23. The average Bonchev–Trinajstić information content (AvgIpc) is 3.46. The molecule has 5 rings (SSSR count). The third kappa shape index (κ3) is 4.60. The number of anilines is 1. The van der Waals surface area contributed by atoms with Gasteiger partial charge in [0.25, 0.3) is 0 Å². The standard InChI is InChI=1S/C26H27FN4O3S/c1-15(32)28-17-8-10-22-23(13-17)35-24-29-20(14-31(22)24)18-9-7-16(12-19(18)27)21-6-5-11-30(21)25(33)34-26(2,3)4/h7-10,12-14,21H,5-6,11H2,1-4H3,(H,28,32). The van der Waals surface area contributed by atoms with Crippen LogP contribution in [-0.2, 0) is 9.53 Å². The monoisotopic (exact) mass is 494 g/mol. The number of carbonyl (C=O) groups excluding carboxylic acids is 2. The number of amides is 2. The van der Waals surface area contributed by atoms with Gasteiger partial charge in [-0.2, -0.15) is 0 Å². The molecule has 1 saturated heterocycles. The van der Waals surface area contributed by atoms with E-state index in [2.05, 4.69) is 10.3 Å². The molecule has 1 fully saturated rings. The van der Waals surface area contributed by atoms with Crippen molar-refractivity contribution in [3.05, 3.63) is 54.0 Å². The fourth-order valence-corrected chi connectivity index (χ4v) is 5.56. The maximum absolute atomic E-state index is 15.3. The van der Waals surface area contributed by atoms with E-state index in [1.54, 1.807) is 11.0 Å². The molecule has 1 atom stereocenters. The molecular weight excluding hydrogens is 467 g/mol. The summed E-state index contributed by atoms with van der Waals surface area (Å²) >= 11 is 1.48. The first-order valence-electron chi connectivity index (χ1n) is 11.6. The maximum Gasteiger partial charge on any atom is 0.410 e. The van der Waals surface area contributed by atoms with Crippen LogP contribution in [0.5, 0.6) is 0 Å². The van der Waals surface area contributed by atoms with E-state index >= 15 is 4.39 Å². The molecule has 35 heavy (non-hydrogen) atoms. The summed E-state index contributed by atoms with van der Waals surface area (Å²) in [7, 11) is 0. The van der Waals surface area contributed by atoms with E-state index in [4.69, 9.17) is 4.74 Å². The van der Waals surface area contributed by atoms with E-state index in [-0.39, 0.29) is 23.9 Å². The minimum atomic E-state index is -0.580. The molecule has 4 aromatic rings. The van der Waals surface area contributed by atoms with Gasteiger partial charge in [0.2, 0.25) is 5.91 Å². The highest BCUT2D eigenvalue weighted by Crippen LogP contribution is 2.36. The molecule has 0 radical (unpaired) electrons. The van der Waals surface area contributed by atoms with Crippen LogP contribution in [0.1, 0.15) is 52.1 Å². The van der Waals surface area contributed by atoms with Crippen LogP contribution in [0.2, 0.25) is 0 Å². The number of benzene rings is 2. The minimum Gasteiger partial charge on any atom is -0.444 e. The number of imidazole rings is 1. The second kappa shape index (κ2) is 8.64. The molecule has 2 aromatic heterocycles. The number of rotatable bonds is 3. The predicted molar refractivity (Wildman–Crippen MR) is 135 cm³/mol. The summed E-state index contributed by atoms with van der Waals surface area (Å²) in [5.41, 5.74) is 2.80. The number of aromatic nitrogens is 2. The summed E-state index contributed by atoms with van der Waals surface area (Å²) in [5, 5.41) is 2.78. The smallest absolute Gasteiger partial charge is 0.410 e. The molecule has 9 heteroatoms. The zero-order valence-electron chi connectivity index (χ0n) is 20.1. The summed E-state index contributed by atoms with van der Waals surface area (Å²) in [4.78, 5) is 31.1. The van der Waals surface area contributed by atoms with Crippen LogP contribution < -0.4 is 5.32 Å². The number of fused-ring (bicyclic) bond motifs is 3. The van der Waals surface area contributed by atoms with E-state index in [1.807, 2.05) is 55.6 Å². The molecule has 7 nitrogen and oxygen atoms in total. The first-order chi connectivity index (χ1) is 16.6. The van der Waals surface area contributed by atoms with Gasteiger partial charge in [-0.05, 0) is 69.5 Å². The highest BCUT2D eigenvalue weighted by atomic mass is 32.1. The number of thiazole rings is 1. The molecule has 0 spiro atoms. The van der Waals surface area contributed by atoms with Crippen molar-refractivity contribution in [2.24, 2.45) is 0 Å². The maximum atomic E-state index is 15.3. The van der Waals surface area contributed by atoms with Gasteiger partial charge in [-0.1, -0.05) is 17.4 Å². The van der Waals surface area contributed by atoms with Gasteiger partial charge < -0.3 is 15.0 Å². The molecule has 2 aromatic carbocycles. The van der Waals surface area contributed by atoms with E-state index in [0.29, 0.717) is 17.8 Å². The Balaban J connectivity index is 1.42. The third-order valence-corrected chi connectivity index (χ3v) is 6.97. The Morgan fingerprint density at radius 1 is 1.20 bits per heavy atom. The van der Waals surface area contributed by atoms with Crippen LogP contribution in [-0.4, -0.2) is 38.4 Å². The molecule has 1 unspecified atom stereocenters. The van der Waals surface area contributed by atoms with Gasteiger partial charge in [-0.15, -0.1) is 0 Å². The number of carbonyl (C=O) groups is 2. The van der Waals surface area contributed by atoms with Crippen molar-refractivity contribution in [2.45, 2.75) is 52.2 Å². The summed E-state index contributed by atoms with van der Waals surface area (Å²) < 4.78 is 23.7. The average molecular weight is 495 g/mol. The lowest BCUT2D eigenvalue weighted by molar-refractivity contribution is -0.114. The first-order valence-corrected chi connectivity index (χ1v) is 12.4. The highest BCUT2D eigenvalue weighted by Gasteiger charge is 2.33. The van der Waals surface area contributed by atoms with Crippen molar-refractivity contribution in [3.8, 4) is 11.3 Å². The zero-order valence-corrected chi connectivity index (χ0v) is 20.9. The lowest BCUT2D eigenvalue weighted by Gasteiger charge is -2.29. The number of likely N-dealkylation sites (tertiary alicyclic amines) is 1. The molecule has 0 saturated carbocycles. The van der Waals surface area contributed by atoms with Crippen molar-refractivity contribution in [1.82, 2.24) is 14.3 Å². The number of ether oxygens (including phenoxy) is 1. The normalized spacial score (nSPS) is 16.3. The van der Waals surface area contributed by atoms with Gasteiger partial charge in [0.1, 0.15) is 11.4 Å². The van der Waals surface area contributed by atoms with E-state index in [0.717, 1.165) is 39.3 Å². The van der Waals surface area contributed by atoms with Crippen LogP contribution >= 0.6 is 11.3 Å².